The van der Waals surface area contributed by atoms with Crippen molar-refractivity contribution in [2.45, 2.75) is 53.2 Å². The van der Waals surface area contributed by atoms with Gasteiger partial charge < -0.3 is 19.1 Å². The molecule has 0 spiro atoms. The molecule has 0 atom stereocenters. The van der Waals surface area contributed by atoms with Crippen molar-refractivity contribution in [3.8, 4) is 34.4 Å². The van der Waals surface area contributed by atoms with Gasteiger partial charge in [-0.05, 0) is 105 Å². The van der Waals surface area contributed by atoms with Gasteiger partial charge in [-0.2, -0.15) is 5.26 Å². The number of hydrogen-bond donors (Lipinski definition) is 0. The van der Waals surface area contributed by atoms with Crippen LogP contribution in [0.2, 0.25) is 5.02 Å². The Bertz CT molecular complexity index is 1710. The number of carbonyl (C=O) groups is 1. The van der Waals surface area contributed by atoms with E-state index in [4.69, 9.17) is 31.1 Å². The monoisotopic (exact) mass is 623 g/mol. The molecule has 1 aliphatic heterocycles. The number of nitriles is 1. The Morgan fingerprint density at radius 2 is 1.73 bits per heavy atom. The van der Waals surface area contributed by atoms with Crippen molar-refractivity contribution < 1.29 is 19.0 Å². The minimum absolute atomic E-state index is 0.130. The van der Waals surface area contributed by atoms with Crippen LogP contribution < -0.4 is 14.2 Å². The van der Waals surface area contributed by atoms with E-state index in [2.05, 4.69) is 54.9 Å². The molecule has 5 rings (SSSR count). The number of nitrogens with zero attached hydrogens (tertiary/aromatic N) is 3. The number of benzene rings is 3. The molecule has 0 saturated carbocycles. The van der Waals surface area contributed by atoms with Gasteiger partial charge in [0.05, 0.1) is 22.8 Å². The molecule has 1 saturated heterocycles. The molecule has 0 radical (unpaired) electrons. The van der Waals surface area contributed by atoms with Crippen LogP contribution in [-0.4, -0.2) is 42.4 Å². The zero-order valence-corrected chi connectivity index (χ0v) is 26.8. The summed E-state index contributed by atoms with van der Waals surface area (Å²) < 4.78 is 18.4. The molecule has 0 aliphatic carbocycles. The molecule has 0 unspecified atom stereocenters. The first-order chi connectivity index (χ1) is 21.9. The Hall–Kier alpha value is -4.38. The van der Waals surface area contributed by atoms with E-state index in [-0.39, 0.29) is 13.2 Å². The highest BCUT2D eigenvalue weighted by Crippen LogP contribution is 2.37. The maximum absolute atomic E-state index is 11.8. The summed E-state index contributed by atoms with van der Waals surface area (Å²) in [6.07, 6.45) is 7.42. The van der Waals surface area contributed by atoms with E-state index in [1.54, 1.807) is 18.3 Å². The number of halogens is 1. The third-order valence-electron chi connectivity index (χ3n) is 8.31. The number of hydrogen-bond acceptors (Lipinski definition) is 7. The fourth-order valence-corrected chi connectivity index (χ4v) is 6.03. The molecule has 0 N–H and O–H groups in total. The Morgan fingerprint density at radius 3 is 2.51 bits per heavy atom. The number of rotatable bonds is 13. The average Bonchev–Trinajstić information content (AvgIpc) is 3.57. The number of likely N-dealkylation sites (tertiary alicyclic amines) is 1. The van der Waals surface area contributed by atoms with Crippen molar-refractivity contribution in [3.63, 3.8) is 0 Å². The molecular formula is C37H38ClN3O4. The van der Waals surface area contributed by atoms with Crippen LogP contribution >= 0.6 is 11.6 Å². The fraction of sp³-hybridized carbons (Fsp3) is 0.324. The molecule has 3 aromatic carbocycles. The van der Waals surface area contributed by atoms with E-state index in [0.29, 0.717) is 46.1 Å². The van der Waals surface area contributed by atoms with Crippen molar-refractivity contribution in [2.24, 2.45) is 0 Å². The third-order valence-corrected chi connectivity index (χ3v) is 8.60. The van der Waals surface area contributed by atoms with Gasteiger partial charge in [-0.15, -0.1) is 0 Å². The van der Waals surface area contributed by atoms with E-state index in [9.17, 15) is 4.79 Å². The maximum Gasteiger partial charge on any atom is 0.153 e. The molecular weight excluding hydrogens is 586 g/mol. The lowest BCUT2D eigenvalue weighted by molar-refractivity contribution is 0.111. The topological polar surface area (TPSA) is 84.7 Å². The van der Waals surface area contributed by atoms with Crippen LogP contribution in [0.15, 0.2) is 60.9 Å². The molecule has 45 heavy (non-hydrogen) atoms. The second kappa shape index (κ2) is 15.1. The van der Waals surface area contributed by atoms with Gasteiger partial charge in [-0.1, -0.05) is 35.9 Å². The van der Waals surface area contributed by atoms with Gasteiger partial charge in [0.15, 0.2) is 6.29 Å². The number of aromatic nitrogens is 1. The number of ether oxygens (including phenoxy) is 3. The van der Waals surface area contributed by atoms with E-state index in [0.717, 1.165) is 41.0 Å². The first-order valence-electron chi connectivity index (χ1n) is 15.3. The Balaban J connectivity index is 1.30. The third kappa shape index (κ3) is 7.83. The molecule has 1 aromatic heterocycles. The smallest absolute Gasteiger partial charge is 0.153 e. The quantitative estimate of drug-likeness (QED) is 0.110. The average molecular weight is 624 g/mol. The summed E-state index contributed by atoms with van der Waals surface area (Å²) >= 11 is 6.52. The highest BCUT2D eigenvalue weighted by molar-refractivity contribution is 6.32. The van der Waals surface area contributed by atoms with Gasteiger partial charge in [-0.25, -0.2) is 0 Å². The lowest BCUT2D eigenvalue weighted by Crippen LogP contribution is -2.22. The van der Waals surface area contributed by atoms with Gasteiger partial charge in [0.25, 0.3) is 0 Å². The molecule has 0 bridgehead atoms. The maximum atomic E-state index is 11.8. The molecule has 8 heteroatoms. The van der Waals surface area contributed by atoms with Crippen molar-refractivity contribution in [1.29, 1.82) is 5.26 Å². The second-order valence-electron chi connectivity index (χ2n) is 11.4. The first kappa shape index (κ1) is 32.0. The van der Waals surface area contributed by atoms with E-state index in [1.165, 1.54) is 49.3 Å². The SMILES string of the molecule is Cc1ccc(OCCCN2CCCC2)c(C)c1-c1cccc(COc2cc(OCc3cncc(C#N)c3)c(C=O)cc2Cl)c1C. The molecule has 2 heterocycles. The summed E-state index contributed by atoms with van der Waals surface area (Å²) in [6, 6.07) is 17.4. The Kier molecular flexibility index (Phi) is 10.7. The van der Waals surface area contributed by atoms with E-state index in [1.807, 2.05) is 12.1 Å². The Morgan fingerprint density at radius 1 is 0.933 bits per heavy atom. The lowest BCUT2D eigenvalue weighted by atomic mass is 9.90. The lowest BCUT2D eigenvalue weighted by Gasteiger charge is -2.20. The van der Waals surface area contributed by atoms with Crippen molar-refractivity contribution in [3.05, 3.63) is 105 Å². The van der Waals surface area contributed by atoms with E-state index >= 15 is 0 Å². The van der Waals surface area contributed by atoms with Crippen LogP contribution in [0.4, 0.5) is 0 Å². The van der Waals surface area contributed by atoms with Gasteiger partial charge in [0.2, 0.25) is 0 Å². The fourth-order valence-electron chi connectivity index (χ4n) is 5.81. The van der Waals surface area contributed by atoms with Gasteiger partial charge in [-0.3, -0.25) is 9.78 Å². The molecule has 4 aromatic rings. The predicted molar refractivity (Wildman–Crippen MR) is 176 cm³/mol. The highest BCUT2D eigenvalue weighted by atomic mass is 35.5. The largest absolute Gasteiger partial charge is 0.493 e. The zero-order valence-electron chi connectivity index (χ0n) is 26.1. The minimum Gasteiger partial charge on any atom is -0.493 e. The van der Waals surface area contributed by atoms with Crippen LogP contribution in [-0.2, 0) is 13.2 Å². The summed E-state index contributed by atoms with van der Waals surface area (Å²) in [4.78, 5) is 18.3. The zero-order chi connectivity index (χ0) is 31.8. The van der Waals surface area contributed by atoms with Crippen LogP contribution in [0.25, 0.3) is 11.1 Å². The van der Waals surface area contributed by atoms with Crippen molar-refractivity contribution >= 4 is 17.9 Å². The highest BCUT2D eigenvalue weighted by Gasteiger charge is 2.17. The molecule has 7 nitrogen and oxygen atoms in total. The van der Waals surface area contributed by atoms with Gasteiger partial charge >= 0.3 is 0 Å². The summed E-state index contributed by atoms with van der Waals surface area (Å²) in [7, 11) is 0. The summed E-state index contributed by atoms with van der Waals surface area (Å²) in [5.74, 6) is 1.66. The van der Waals surface area contributed by atoms with Crippen LogP contribution in [0.3, 0.4) is 0 Å². The number of pyridine rings is 1. The van der Waals surface area contributed by atoms with Crippen LogP contribution in [0.5, 0.6) is 17.2 Å². The minimum atomic E-state index is 0.130. The normalized spacial score (nSPS) is 13.0. The summed E-state index contributed by atoms with van der Waals surface area (Å²) in [5.41, 5.74) is 8.18. The molecule has 1 fully saturated rings. The summed E-state index contributed by atoms with van der Waals surface area (Å²) in [5, 5.41) is 9.46. The van der Waals surface area contributed by atoms with E-state index < -0.39 is 0 Å². The van der Waals surface area contributed by atoms with Crippen molar-refractivity contribution in [2.75, 3.05) is 26.2 Å². The first-order valence-corrected chi connectivity index (χ1v) is 15.7. The standard InChI is InChI=1S/C37H38ClN3O4/c1-25-10-11-34(43-15-7-14-41-12-4-5-13-41)27(3)37(25)32-9-6-8-30(26(32)2)24-45-36-18-35(31(22-42)17-33(36)38)44-23-29-16-28(19-39)20-40-21-29/h6,8-11,16-18,20-22H,4-5,7,12-15,23-24H2,1-3H3. The molecule has 0 amide bonds. The second-order valence-corrected chi connectivity index (χ2v) is 11.8. The predicted octanol–water partition coefficient (Wildman–Crippen LogP) is 8.03. The molecule has 1 aliphatic rings. The van der Waals surface area contributed by atoms with Crippen LogP contribution in [0.1, 0.15) is 63.0 Å². The van der Waals surface area contributed by atoms with Crippen LogP contribution in [0, 0.1) is 32.1 Å². The Labute approximate surface area is 270 Å². The number of aryl methyl sites for hydroxylation is 1. The summed E-state index contributed by atoms with van der Waals surface area (Å²) in [6.45, 7) is 11.0. The van der Waals surface area contributed by atoms with Crippen molar-refractivity contribution in [1.82, 2.24) is 9.88 Å². The van der Waals surface area contributed by atoms with Gasteiger partial charge in [0, 0.05) is 30.6 Å². The number of aldehydes is 1. The van der Waals surface area contributed by atoms with Gasteiger partial charge in [0.1, 0.15) is 36.5 Å². The number of carbonyl (C=O) groups excluding carboxylic acids is 1. The molecule has 232 valence electrons.